The first-order chi connectivity index (χ1) is 10.2. The number of sulfone groups is 1. The van der Waals surface area contributed by atoms with Gasteiger partial charge in [0.2, 0.25) is 10.0 Å². The summed E-state index contributed by atoms with van der Waals surface area (Å²) in [5.41, 5.74) is 0. The van der Waals surface area contributed by atoms with Crippen LogP contribution in [-0.4, -0.2) is 47.5 Å². The fourth-order valence-electron chi connectivity index (χ4n) is 2.15. The highest BCUT2D eigenvalue weighted by molar-refractivity contribution is 7.91. The van der Waals surface area contributed by atoms with Gasteiger partial charge in [-0.05, 0) is 24.6 Å². The molecule has 0 bridgehead atoms. The summed E-state index contributed by atoms with van der Waals surface area (Å²) in [6.07, 6.45) is 0.557. The zero-order valence-corrected chi connectivity index (χ0v) is 14.7. The van der Waals surface area contributed by atoms with E-state index >= 15 is 0 Å². The molecule has 0 spiro atoms. The Bertz CT molecular complexity index is 750. The minimum atomic E-state index is -3.67. The van der Waals surface area contributed by atoms with Crippen molar-refractivity contribution in [3.05, 3.63) is 28.2 Å². The molecule has 1 aliphatic heterocycles. The van der Waals surface area contributed by atoms with E-state index in [0.29, 0.717) is 13.0 Å². The van der Waals surface area contributed by atoms with E-state index in [0.717, 1.165) is 0 Å². The van der Waals surface area contributed by atoms with Crippen LogP contribution in [0.25, 0.3) is 0 Å². The van der Waals surface area contributed by atoms with Gasteiger partial charge in [-0.25, -0.2) is 21.6 Å². The molecule has 2 rings (SSSR count). The Kier molecular flexibility index (Phi) is 5.73. The van der Waals surface area contributed by atoms with Crippen molar-refractivity contribution in [2.75, 3.05) is 24.6 Å². The molecule has 0 unspecified atom stereocenters. The Morgan fingerprint density at radius 2 is 1.91 bits per heavy atom. The van der Waals surface area contributed by atoms with Crippen LogP contribution in [0.5, 0.6) is 0 Å². The van der Waals surface area contributed by atoms with E-state index in [9.17, 15) is 16.8 Å². The highest BCUT2D eigenvalue weighted by Crippen LogP contribution is 2.24. The summed E-state index contributed by atoms with van der Waals surface area (Å²) < 4.78 is 49.1. The fraction of sp³-hybridized carbons (Fsp3) is 0.500. The van der Waals surface area contributed by atoms with Crippen molar-refractivity contribution in [1.82, 2.24) is 10.0 Å². The molecule has 1 fully saturated rings. The van der Waals surface area contributed by atoms with E-state index in [4.69, 9.17) is 23.2 Å². The Balaban J connectivity index is 1.84. The molecule has 0 amide bonds. The van der Waals surface area contributed by atoms with E-state index in [1.54, 1.807) is 0 Å². The van der Waals surface area contributed by atoms with Crippen LogP contribution >= 0.6 is 23.2 Å². The van der Waals surface area contributed by atoms with Crippen molar-refractivity contribution in [2.24, 2.45) is 0 Å². The van der Waals surface area contributed by atoms with Crippen LogP contribution in [0.1, 0.15) is 6.42 Å². The molecule has 0 radical (unpaired) electrons. The van der Waals surface area contributed by atoms with Crippen molar-refractivity contribution in [1.29, 1.82) is 0 Å². The highest BCUT2D eigenvalue weighted by atomic mass is 35.5. The molecule has 1 aromatic rings. The minimum Gasteiger partial charge on any atom is -0.312 e. The molecule has 0 saturated carbocycles. The number of nitrogens with one attached hydrogen (secondary N) is 2. The fourth-order valence-corrected chi connectivity index (χ4v) is 5.27. The van der Waals surface area contributed by atoms with Crippen molar-refractivity contribution in [2.45, 2.75) is 17.4 Å². The summed E-state index contributed by atoms with van der Waals surface area (Å²) in [4.78, 5) is 0.0327. The molecular weight excluding hydrogens is 371 g/mol. The molecule has 0 aromatic heterocycles. The lowest BCUT2D eigenvalue weighted by molar-refractivity contribution is 0.542. The van der Waals surface area contributed by atoms with Gasteiger partial charge in [0, 0.05) is 19.1 Å². The van der Waals surface area contributed by atoms with Crippen LogP contribution in [0.2, 0.25) is 10.0 Å². The van der Waals surface area contributed by atoms with Crippen LogP contribution in [-0.2, 0) is 19.9 Å². The summed E-state index contributed by atoms with van der Waals surface area (Å²) >= 11 is 11.5. The quantitative estimate of drug-likeness (QED) is 0.712. The standard InChI is InChI=1S/C12H16Cl2N2O4S2/c13-11-2-1-10(7-12(11)14)22(19,20)16-5-4-15-9-3-6-21(17,18)8-9/h1-2,7,9,15-16H,3-6,8H2/t9-/m0/s1. The van der Waals surface area contributed by atoms with Gasteiger partial charge in [-0.2, -0.15) is 0 Å². The third kappa shape index (κ3) is 4.81. The van der Waals surface area contributed by atoms with Crippen molar-refractivity contribution >= 4 is 43.1 Å². The molecule has 1 aliphatic rings. The Morgan fingerprint density at radius 3 is 2.50 bits per heavy atom. The molecular formula is C12H16Cl2N2O4S2. The van der Waals surface area contributed by atoms with Crippen LogP contribution in [0.3, 0.4) is 0 Å². The molecule has 124 valence electrons. The molecule has 0 aliphatic carbocycles. The summed E-state index contributed by atoms with van der Waals surface area (Å²) in [5.74, 6) is 0.284. The third-order valence-corrected chi connectivity index (χ3v) is 7.25. The maximum absolute atomic E-state index is 12.1. The summed E-state index contributed by atoms with van der Waals surface area (Å²) in [6, 6.07) is 3.95. The number of sulfonamides is 1. The van der Waals surface area contributed by atoms with Gasteiger partial charge < -0.3 is 5.32 Å². The first kappa shape index (κ1) is 18.0. The molecule has 22 heavy (non-hydrogen) atoms. The number of hydrogen-bond donors (Lipinski definition) is 2. The lowest BCUT2D eigenvalue weighted by atomic mass is 10.3. The molecule has 1 atom stereocenters. The first-order valence-electron chi connectivity index (χ1n) is 6.58. The Hall–Kier alpha value is -0.380. The predicted octanol–water partition coefficient (Wildman–Crippen LogP) is 1.05. The van der Waals surface area contributed by atoms with Gasteiger partial charge in [-0.3, -0.25) is 0 Å². The molecule has 1 aromatic carbocycles. The van der Waals surface area contributed by atoms with Gasteiger partial charge in [0.1, 0.15) is 0 Å². The average Bonchev–Trinajstić information content (AvgIpc) is 2.77. The highest BCUT2D eigenvalue weighted by Gasteiger charge is 2.27. The van der Waals surface area contributed by atoms with Gasteiger partial charge in [0.05, 0.1) is 26.4 Å². The second kappa shape index (κ2) is 7.02. The molecule has 6 nitrogen and oxygen atoms in total. The van der Waals surface area contributed by atoms with Crippen LogP contribution in [0.15, 0.2) is 23.1 Å². The Morgan fingerprint density at radius 1 is 1.18 bits per heavy atom. The zero-order valence-electron chi connectivity index (χ0n) is 11.6. The van der Waals surface area contributed by atoms with Crippen LogP contribution in [0, 0.1) is 0 Å². The lowest BCUT2D eigenvalue weighted by Gasteiger charge is -2.11. The van der Waals surface area contributed by atoms with Crippen molar-refractivity contribution in [3.8, 4) is 0 Å². The van der Waals surface area contributed by atoms with Gasteiger partial charge in [-0.1, -0.05) is 23.2 Å². The molecule has 10 heteroatoms. The van der Waals surface area contributed by atoms with Gasteiger partial charge in [-0.15, -0.1) is 0 Å². The van der Waals surface area contributed by atoms with Crippen molar-refractivity contribution < 1.29 is 16.8 Å². The second-order valence-electron chi connectivity index (χ2n) is 5.03. The predicted molar refractivity (Wildman–Crippen MR) is 86.7 cm³/mol. The van der Waals surface area contributed by atoms with E-state index in [2.05, 4.69) is 10.0 Å². The Labute approximate surface area is 140 Å². The zero-order chi connectivity index (χ0) is 16.4. The lowest BCUT2D eigenvalue weighted by Crippen LogP contribution is -2.37. The second-order valence-corrected chi connectivity index (χ2v) is 9.84. The normalized spacial score (nSPS) is 21.1. The average molecular weight is 387 g/mol. The third-order valence-electron chi connectivity index (χ3n) is 3.28. The molecule has 1 saturated heterocycles. The van der Waals surface area contributed by atoms with E-state index in [-0.39, 0.29) is 39.0 Å². The van der Waals surface area contributed by atoms with Crippen molar-refractivity contribution in [3.63, 3.8) is 0 Å². The summed E-state index contributed by atoms with van der Waals surface area (Å²) in [6.45, 7) is 0.500. The van der Waals surface area contributed by atoms with E-state index in [1.165, 1.54) is 18.2 Å². The largest absolute Gasteiger partial charge is 0.312 e. The maximum atomic E-state index is 12.1. The summed E-state index contributed by atoms with van der Waals surface area (Å²) in [5, 5.41) is 3.48. The molecule has 2 N–H and O–H groups in total. The van der Waals surface area contributed by atoms with Gasteiger partial charge >= 0.3 is 0 Å². The number of benzene rings is 1. The minimum absolute atomic E-state index is 0.0327. The number of rotatable bonds is 6. The topological polar surface area (TPSA) is 92.3 Å². The van der Waals surface area contributed by atoms with E-state index in [1.807, 2.05) is 0 Å². The van der Waals surface area contributed by atoms with Gasteiger partial charge in [0.15, 0.2) is 9.84 Å². The van der Waals surface area contributed by atoms with E-state index < -0.39 is 19.9 Å². The monoisotopic (exact) mass is 386 g/mol. The number of halogens is 2. The van der Waals surface area contributed by atoms with Gasteiger partial charge in [0.25, 0.3) is 0 Å². The van der Waals surface area contributed by atoms with Crippen LogP contribution < -0.4 is 10.0 Å². The smallest absolute Gasteiger partial charge is 0.240 e. The first-order valence-corrected chi connectivity index (χ1v) is 10.6. The molecule has 1 heterocycles. The number of hydrogen-bond acceptors (Lipinski definition) is 5. The maximum Gasteiger partial charge on any atom is 0.240 e. The van der Waals surface area contributed by atoms with Crippen LogP contribution in [0.4, 0.5) is 0 Å². The summed E-state index contributed by atoms with van der Waals surface area (Å²) in [7, 11) is -6.61. The SMILES string of the molecule is O=S1(=O)CC[C@H](NCCNS(=O)(=O)c2ccc(Cl)c(Cl)c2)C1.